The Morgan fingerprint density at radius 2 is 2.17 bits per heavy atom. The number of carboxylic acid groups (broad SMARTS) is 1. The van der Waals surface area contributed by atoms with Crippen molar-refractivity contribution in [1.29, 1.82) is 0 Å². The summed E-state index contributed by atoms with van der Waals surface area (Å²) in [7, 11) is 1.54. The van der Waals surface area contributed by atoms with Crippen LogP contribution < -0.4 is 14.2 Å². The number of aliphatic carboxylic acids is 1. The van der Waals surface area contributed by atoms with Gasteiger partial charge in [-0.15, -0.1) is 0 Å². The van der Waals surface area contributed by atoms with E-state index in [4.69, 9.17) is 14.2 Å². The van der Waals surface area contributed by atoms with Gasteiger partial charge in [0.2, 0.25) is 6.79 Å². The maximum Gasteiger partial charge on any atom is 0.314 e. The number of fused-ring (bicyclic) bond motifs is 1. The van der Waals surface area contributed by atoms with Crippen LogP contribution in [0.5, 0.6) is 17.2 Å². The summed E-state index contributed by atoms with van der Waals surface area (Å²) < 4.78 is 16.1. The molecule has 5 nitrogen and oxygen atoms in total. The predicted octanol–water partition coefficient (Wildman–Crippen LogP) is 1.93. The molecule has 0 unspecified atom stereocenters. The third-order valence-electron chi connectivity index (χ3n) is 3.82. The molecule has 0 atom stereocenters. The standard InChI is InChI=1S/C13H14O5/c1-16-8-3-4-9-11(18-7-17-9)10(8)13(12(14)15)5-2-6-13/h3-4H,2,5-7H2,1H3,(H,14,15). The number of carbonyl (C=O) groups is 1. The number of rotatable bonds is 3. The van der Waals surface area contributed by atoms with E-state index in [9.17, 15) is 9.90 Å². The van der Waals surface area contributed by atoms with Gasteiger partial charge in [-0.05, 0) is 25.0 Å². The second-order valence-electron chi connectivity index (χ2n) is 4.62. The zero-order valence-electron chi connectivity index (χ0n) is 10.1. The van der Waals surface area contributed by atoms with Crippen LogP contribution >= 0.6 is 0 Å². The Hall–Kier alpha value is -1.91. The SMILES string of the molecule is COc1ccc2c(c1C1(C(=O)O)CCC1)OCO2. The summed E-state index contributed by atoms with van der Waals surface area (Å²) in [4.78, 5) is 11.6. The molecule has 2 aliphatic rings. The molecule has 0 aromatic heterocycles. The smallest absolute Gasteiger partial charge is 0.314 e. The van der Waals surface area contributed by atoms with Crippen LogP contribution in [0.1, 0.15) is 24.8 Å². The fourth-order valence-electron chi connectivity index (χ4n) is 2.68. The number of methoxy groups -OCH3 is 1. The van der Waals surface area contributed by atoms with Crippen molar-refractivity contribution in [3.8, 4) is 17.2 Å². The van der Waals surface area contributed by atoms with Crippen LogP contribution in [0.2, 0.25) is 0 Å². The van der Waals surface area contributed by atoms with Crippen LogP contribution in [0, 0.1) is 0 Å². The first-order valence-electron chi connectivity index (χ1n) is 5.89. The molecule has 0 bridgehead atoms. The lowest BCUT2D eigenvalue weighted by Crippen LogP contribution is -2.42. The van der Waals surface area contributed by atoms with E-state index in [2.05, 4.69) is 0 Å². The minimum Gasteiger partial charge on any atom is -0.496 e. The Morgan fingerprint density at radius 1 is 1.39 bits per heavy atom. The second kappa shape index (κ2) is 3.80. The first-order chi connectivity index (χ1) is 8.69. The molecule has 18 heavy (non-hydrogen) atoms. The number of hydrogen-bond donors (Lipinski definition) is 1. The van der Waals surface area contributed by atoms with E-state index in [0.717, 1.165) is 6.42 Å². The first-order valence-corrected chi connectivity index (χ1v) is 5.89. The Labute approximate surface area is 104 Å². The van der Waals surface area contributed by atoms with Gasteiger partial charge in [0.05, 0.1) is 12.7 Å². The Bertz CT molecular complexity index is 504. The highest BCUT2D eigenvalue weighted by Gasteiger charge is 2.50. The van der Waals surface area contributed by atoms with Crippen LogP contribution in [0.3, 0.4) is 0 Å². The molecule has 1 heterocycles. The zero-order valence-corrected chi connectivity index (χ0v) is 10.1. The summed E-state index contributed by atoms with van der Waals surface area (Å²) in [6.07, 6.45) is 2.12. The molecule has 5 heteroatoms. The van der Waals surface area contributed by atoms with Crippen molar-refractivity contribution in [2.45, 2.75) is 24.7 Å². The van der Waals surface area contributed by atoms with Crippen LogP contribution in [0.25, 0.3) is 0 Å². The summed E-state index contributed by atoms with van der Waals surface area (Å²) in [6.45, 7) is 0.130. The average Bonchev–Trinajstić information content (AvgIpc) is 2.75. The van der Waals surface area contributed by atoms with Gasteiger partial charge in [-0.25, -0.2) is 0 Å². The van der Waals surface area contributed by atoms with E-state index in [1.54, 1.807) is 12.1 Å². The fraction of sp³-hybridized carbons (Fsp3) is 0.462. The van der Waals surface area contributed by atoms with E-state index in [0.29, 0.717) is 35.7 Å². The largest absolute Gasteiger partial charge is 0.496 e. The molecule has 1 aliphatic carbocycles. The van der Waals surface area contributed by atoms with E-state index in [-0.39, 0.29) is 6.79 Å². The highest BCUT2D eigenvalue weighted by molar-refractivity contribution is 5.86. The topological polar surface area (TPSA) is 65.0 Å². The first kappa shape index (κ1) is 11.2. The molecule has 1 aromatic carbocycles. The van der Waals surface area contributed by atoms with Gasteiger partial charge in [0.25, 0.3) is 0 Å². The summed E-state index contributed by atoms with van der Waals surface area (Å²) in [5.74, 6) is 0.854. The second-order valence-corrected chi connectivity index (χ2v) is 4.62. The quantitative estimate of drug-likeness (QED) is 0.888. The number of ether oxygens (including phenoxy) is 3. The van der Waals surface area contributed by atoms with Crippen molar-refractivity contribution >= 4 is 5.97 Å². The minimum atomic E-state index is -0.885. The van der Waals surface area contributed by atoms with Gasteiger partial charge in [-0.3, -0.25) is 4.79 Å². The van der Waals surface area contributed by atoms with Gasteiger partial charge in [0.1, 0.15) is 11.2 Å². The van der Waals surface area contributed by atoms with E-state index in [1.807, 2.05) is 0 Å². The van der Waals surface area contributed by atoms with Gasteiger partial charge in [0, 0.05) is 0 Å². The molecule has 1 fully saturated rings. The molecule has 0 amide bonds. The van der Waals surface area contributed by atoms with E-state index in [1.165, 1.54) is 7.11 Å². The number of benzene rings is 1. The molecule has 1 aliphatic heterocycles. The molecule has 1 aromatic rings. The van der Waals surface area contributed by atoms with Crippen LogP contribution in [-0.2, 0) is 10.2 Å². The third kappa shape index (κ3) is 1.30. The maximum atomic E-state index is 11.6. The predicted molar refractivity (Wildman–Crippen MR) is 62.3 cm³/mol. The Morgan fingerprint density at radius 3 is 2.72 bits per heavy atom. The zero-order chi connectivity index (χ0) is 12.8. The molecule has 96 valence electrons. The van der Waals surface area contributed by atoms with Crippen LogP contribution in [0.4, 0.5) is 0 Å². The lowest BCUT2D eigenvalue weighted by atomic mass is 9.64. The Balaban J connectivity index is 2.21. The molecular weight excluding hydrogens is 236 g/mol. The normalized spacial score (nSPS) is 19.2. The monoisotopic (exact) mass is 250 g/mol. The van der Waals surface area contributed by atoms with Crippen molar-refractivity contribution in [3.05, 3.63) is 17.7 Å². The lowest BCUT2D eigenvalue weighted by Gasteiger charge is -2.39. The van der Waals surface area contributed by atoms with Crippen molar-refractivity contribution in [2.24, 2.45) is 0 Å². The molecule has 0 radical (unpaired) electrons. The van der Waals surface area contributed by atoms with Crippen molar-refractivity contribution < 1.29 is 24.1 Å². The van der Waals surface area contributed by atoms with Gasteiger partial charge >= 0.3 is 5.97 Å². The molecule has 1 saturated carbocycles. The van der Waals surface area contributed by atoms with Crippen molar-refractivity contribution in [2.75, 3.05) is 13.9 Å². The molecule has 0 saturated heterocycles. The Kier molecular flexibility index (Phi) is 2.36. The minimum absolute atomic E-state index is 0.130. The molecule has 1 N–H and O–H groups in total. The van der Waals surface area contributed by atoms with Crippen molar-refractivity contribution in [1.82, 2.24) is 0 Å². The van der Waals surface area contributed by atoms with Gasteiger partial charge in [0.15, 0.2) is 11.5 Å². The maximum absolute atomic E-state index is 11.6. The van der Waals surface area contributed by atoms with Gasteiger partial charge in [-0.2, -0.15) is 0 Å². The summed E-state index contributed by atoms with van der Waals surface area (Å²) in [5, 5.41) is 9.54. The summed E-state index contributed by atoms with van der Waals surface area (Å²) in [5.41, 5.74) is -0.261. The lowest BCUT2D eigenvalue weighted by molar-refractivity contribution is -0.147. The van der Waals surface area contributed by atoms with E-state index < -0.39 is 11.4 Å². The average molecular weight is 250 g/mol. The van der Waals surface area contributed by atoms with Crippen molar-refractivity contribution in [3.63, 3.8) is 0 Å². The highest BCUT2D eigenvalue weighted by Crippen LogP contribution is 2.54. The summed E-state index contributed by atoms with van der Waals surface area (Å²) in [6, 6.07) is 3.49. The van der Waals surface area contributed by atoms with E-state index >= 15 is 0 Å². The molecular formula is C13H14O5. The van der Waals surface area contributed by atoms with Crippen LogP contribution in [0.15, 0.2) is 12.1 Å². The van der Waals surface area contributed by atoms with Gasteiger partial charge in [-0.1, -0.05) is 6.42 Å². The number of hydrogen-bond acceptors (Lipinski definition) is 4. The number of carboxylic acids is 1. The molecule has 0 spiro atoms. The molecule has 3 rings (SSSR count). The fourth-order valence-corrected chi connectivity index (χ4v) is 2.68. The summed E-state index contributed by atoms with van der Waals surface area (Å²) >= 11 is 0. The highest BCUT2D eigenvalue weighted by atomic mass is 16.7. The third-order valence-corrected chi connectivity index (χ3v) is 3.82. The van der Waals surface area contributed by atoms with Gasteiger partial charge < -0.3 is 19.3 Å². The van der Waals surface area contributed by atoms with Crippen LogP contribution in [-0.4, -0.2) is 25.0 Å².